The van der Waals surface area contributed by atoms with Crippen molar-refractivity contribution in [3.8, 4) is 5.75 Å². The number of benzene rings is 1. The van der Waals surface area contributed by atoms with Crippen molar-refractivity contribution in [3.63, 3.8) is 0 Å². The molecule has 0 radical (unpaired) electrons. The van der Waals surface area contributed by atoms with Gasteiger partial charge in [-0.15, -0.1) is 0 Å². The lowest BCUT2D eigenvalue weighted by molar-refractivity contribution is 0.291. The van der Waals surface area contributed by atoms with Crippen LogP contribution < -0.4 is 10.1 Å². The van der Waals surface area contributed by atoms with Gasteiger partial charge in [-0.25, -0.2) is 0 Å². The summed E-state index contributed by atoms with van der Waals surface area (Å²) in [6.07, 6.45) is 0. The molecule has 1 aliphatic heterocycles. The highest BCUT2D eigenvalue weighted by molar-refractivity contribution is 5.45. The van der Waals surface area contributed by atoms with Gasteiger partial charge < -0.3 is 10.1 Å². The van der Waals surface area contributed by atoms with Crippen LogP contribution in [-0.2, 0) is 5.41 Å². The molecule has 0 fully saturated rings. The lowest BCUT2D eigenvalue weighted by Crippen LogP contribution is -2.23. The van der Waals surface area contributed by atoms with E-state index in [-0.39, 0.29) is 5.41 Å². The van der Waals surface area contributed by atoms with E-state index in [0.717, 1.165) is 12.4 Å². The first-order valence-corrected chi connectivity index (χ1v) is 6.40. The molecule has 2 nitrogen and oxygen atoms in total. The Balaban J connectivity index is 2.40. The molecule has 17 heavy (non-hydrogen) atoms. The average molecular weight is 233 g/mol. The summed E-state index contributed by atoms with van der Waals surface area (Å²) in [5, 5.41) is 3.40. The van der Waals surface area contributed by atoms with Gasteiger partial charge in [-0.2, -0.15) is 0 Å². The van der Waals surface area contributed by atoms with E-state index in [1.54, 1.807) is 0 Å². The van der Waals surface area contributed by atoms with Crippen molar-refractivity contribution in [1.29, 1.82) is 0 Å². The Labute approximate surface area is 104 Å². The monoisotopic (exact) mass is 233 g/mol. The van der Waals surface area contributed by atoms with Crippen LogP contribution >= 0.6 is 0 Å². The van der Waals surface area contributed by atoms with Gasteiger partial charge in [-0.05, 0) is 30.7 Å². The van der Waals surface area contributed by atoms with Crippen LogP contribution in [0.1, 0.15) is 44.9 Å². The van der Waals surface area contributed by atoms with Crippen molar-refractivity contribution >= 4 is 0 Å². The van der Waals surface area contributed by atoms with Gasteiger partial charge in [0.05, 0.1) is 6.61 Å². The van der Waals surface area contributed by atoms with E-state index in [2.05, 4.69) is 51.2 Å². The van der Waals surface area contributed by atoms with E-state index in [0.29, 0.717) is 12.0 Å². The number of rotatable bonds is 3. The van der Waals surface area contributed by atoms with Gasteiger partial charge in [-0.1, -0.05) is 33.8 Å². The third kappa shape index (κ3) is 2.19. The maximum Gasteiger partial charge on any atom is 0.123 e. The molecule has 1 aliphatic rings. The Kier molecular flexibility index (Phi) is 3.17. The minimum atomic E-state index is 0.139. The van der Waals surface area contributed by atoms with Gasteiger partial charge in [0, 0.05) is 17.0 Å². The summed E-state index contributed by atoms with van der Waals surface area (Å²) in [6, 6.07) is 7.02. The first-order chi connectivity index (χ1) is 7.95. The molecule has 0 saturated heterocycles. The fourth-order valence-corrected chi connectivity index (χ4v) is 2.62. The van der Waals surface area contributed by atoms with Gasteiger partial charge in [0.15, 0.2) is 0 Å². The molecular weight excluding hydrogens is 210 g/mol. The molecule has 1 atom stereocenters. The van der Waals surface area contributed by atoms with Crippen LogP contribution in [0.4, 0.5) is 0 Å². The van der Waals surface area contributed by atoms with E-state index in [9.17, 15) is 0 Å². The number of fused-ring (bicyclic) bond motifs is 1. The zero-order chi connectivity index (χ0) is 12.6. The van der Waals surface area contributed by atoms with E-state index in [1.807, 2.05) is 7.05 Å². The van der Waals surface area contributed by atoms with Gasteiger partial charge in [0.2, 0.25) is 0 Å². The average Bonchev–Trinajstić information content (AvgIpc) is 2.56. The number of hydrogen-bond acceptors (Lipinski definition) is 2. The fourth-order valence-electron chi connectivity index (χ4n) is 2.62. The van der Waals surface area contributed by atoms with Gasteiger partial charge >= 0.3 is 0 Å². The Morgan fingerprint density at radius 3 is 2.59 bits per heavy atom. The molecule has 0 spiro atoms. The Bertz CT molecular complexity index is 409. The minimum absolute atomic E-state index is 0.139. The van der Waals surface area contributed by atoms with E-state index >= 15 is 0 Å². The van der Waals surface area contributed by atoms with E-state index < -0.39 is 0 Å². The second kappa shape index (κ2) is 4.34. The van der Waals surface area contributed by atoms with Gasteiger partial charge in [-0.3, -0.25) is 0 Å². The predicted molar refractivity (Wildman–Crippen MR) is 71.6 cm³/mol. The predicted octanol–water partition coefficient (Wildman–Crippen LogP) is 3.27. The van der Waals surface area contributed by atoms with E-state index in [1.165, 1.54) is 11.1 Å². The molecule has 1 unspecified atom stereocenters. The largest absolute Gasteiger partial charge is 0.492 e. The van der Waals surface area contributed by atoms with Crippen LogP contribution in [0.25, 0.3) is 0 Å². The van der Waals surface area contributed by atoms with Crippen LogP contribution in [0.5, 0.6) is 5.75 Å². The van der Waals surface area contributed by atoms with Crippen molar-refractivity contribution in [2.24, 2.45) is 5.92 Å². The number of nitrogens with one attached hydrogen (secondary N) is 1. The Hall–Kier alpha value is -1.02. The van der Waals surface area contributed by atoms with Crippen LogP contribution in [0.3, 0.4) is 0 Å². The second-order valence-corrected chi connectivity index (χ2v) is 5.94. The molecule has 1 N–H and O–H groups in total. The first-order valence-electron chi connectivity index (χ1n) is 6.40. The second-order valence-electron chi connectivity index (χ2n) is 5.94. The number of ether oxygens (including phenoxy) is 1. The topological polar surface area (TPSA) is 21.3 Å². The van der Waals surface area contributed by atoms with Crippen LogP contribution in [0.2, 0.25) is 0 Å². The minimum Gasteiger partial charge on any atom is -0.492 e. The summed E-state index contributed by atoms with van der Waals surface area (Å²) in [7, 11) is 2.03. The third-order valence-corrected chi connectivity index (χ3v) is 3.66. The van der Waals surface area contributed by atoms with Crippen LogP contribution in [0, 0.1) is 5.92 Å². The standard InChI is InChI=1S/C15H23NO/c1-10(2)14(16-5)11-6-7-13-12(8-11)15(3,4)9-17-13/h6-8,10,14,16H,9H2,1-5H3. The van der Waals surface area contributed by atoms with Crippen LogP contribution in [-0.4, -0.2) is 13.7 Å². The van der Waals surface area contributed by atoms with E-state index in [4.69, 9.17) is 4.74 Å². The highest BCUT2D eigenvalue weighted by Crippen LogP contribution is 2.40. The van der Waals surface area contributed by atoms with Gasteiger partial charge in [0.25, 0.3) is 0 Å². The summed E-state index contributed by atoms with van der Waals surface area (Å²) >= 11 is 0. The summed E-state index contributed by atoms with van der Waals surface area (Å²) in [6.45, 7) is 9.77. The van der Waals surface area contributed by atoms with Crippen molar-refractivity contribution in [1.82, 2.24) is 5.32 Å². The molecule has 2 heteroatoms. The normalized spacial score (nSPS) is 18.9. The SMILES string of the molecule is CNC(c1ccc2c(c1)C(C)(C)CO2)C(C)C. The quantitative estimate of drug-likeness (QED) is 0.865. The molecule has 94 valence electrons. The molecule has 0 aromatic heterocycles. The molecule has 1 aromatic rings. The third-order valence-electron chi connectivity index (χ3n) is 3.66. The zero-order valence-electron chi connectivity index (χ0n) is 11.5. The summed E-state index contributed by atoms with van der Waals surface area (Å²) in [4.78, 5) is 0. The molecule has 0 bridgehead atoms. The fraction of sp³-hybridized carbons (Fsp3) is 0.600. The smallest absolute Gasteiger partial charge is 0.123 e. The number of hydrogen-bond donors (Lipinski definition) is 1. The molecular formula is C15H23NO. The molecule has 1 heterocycles. The Morgan fingerprint density at radius 2 is 2.00 bits per heavy atom. The van der Waals surface area contributed by atoms with Crippen molar-refractivity contribution in [2.45, 2.75) is 39.2 Å². The lowest BCUT2D eigenvalue weighted by Gasteiger charge is -2.23. The molecule has 0 amide bonds. The zero-order valence-corrected chi connectivity index (χ0v) is 11.5. The van der Waals surface area contributed by atoms with Crippen molar-refractivity contribution < 1.29 is 4.74 Å². The van der Waals surface area contributed by atoms with Crippen LogP contribution in [0.15, 0.2) is 18.2 Å². The Morgan fingerprint density at radius 1 is 1.29 bits per heavy atom. The lowest BCUT2D eigenvalue weighted by atomic mass is 9.84. The molecule has 1 aromatic carbocycles. The maximum absolute atomic E-state index is 5.72. The van der Waals surface area contributed by atoms with Gasteiger partial charge in [0.1, 0.15) is 5.75 Å². The summed E-state index contributed by atoms with van der Waals surface area (Å²) in [5.41, 5.74) is 2.84. The first kappa shape index (κ1) is 12.4. The molecule has 0 aliphatic carbocycles. The van der Waals surface area contributed by atoms with Crippen molar-refractivity contribution in [2.75, 3.05) is 13.7 Å². The highest BCUT2D eigenvalue weighted by atomic mass is 16.5. The maximum atomic E-state index is 5.72. The van der Waals surface area contributed by atoms with Crippen molar-refractivity contribution in [3.05, 3.63) is 29.3 Å². The summed E-state index contributed by atoms with van der Waals surface area (Å²) in [5.74, 6) is 1.64. The summed E-state index contributed by atoms with van der Waals surface area (Å²) < 4.78 is 5.72. The highest BCUT2D eigenvalue weighted by Gasteiger charge is 2.32. The molecule has 0 saturated carbocycles. The molecule has 2 rings (SSSR count).